The second kappa shape index (κ2) is 6.19. The molecule has 0 aliphatic rings. The molecule has 0 radical (unpaired) electrons. The van der Waals surface area contributed by atoms with Crippen LogP contribution in [0.2, 0.25) is 0 Å². The van der Waals surface area contributed by atoms with E-state index in [1.54, 1.807) is 0 Å². The van der Waals surface area contributed by atoms with Gasteiger partial charge >= 0.3 is 0 Å². The number of benzene rings is 1. The van der Waals surface area contributed by atoms with Gasteiger partial charge < -0.3 is 11.5 Å². The summed E-state index contributed by atoms with van der Waals surface area (Å²) in [6.45, 7) is 0.714. The molecule has 0 spiro atoms. The number of nitrogens with two attached hydrogens (primary N) is 2. The third kappa shape index (κ3) is 4.61. The normalized spacial score (nSPS) is 10.2. The van der Waals surface area contributed by atoms with Gasteiger partial charge in [-0.05, 0) is 36.9 Å². The molecule has 0 saturated heterocycles. The van der Waals surface area contributed by atoms with Gasteiger partial charge in [-0.1, -0.05) is 24.3 Å². The summed E-state index contributed by atoms with van der Waals surface area (Å²) in [4.78, 5) is 10.6. The summed E-state index contributed by atoms with van der Waals surface area (Å²) in [6.07, 6.45) is 3.15. The van der Waals surface area contributed by atoms with Crippen molar-refractivity contribution < 1.29 is 4.79 Å². The molecule has 3 nitrogen and oxygen atoms in total. The van der Waals surface area contributed by atoms with E-state index in [1.807, 2.05) is 12.1 Å². The van der Waals surface area contributed by atoms with Crippen molar-refractivity contribution in [2.24, 2.45) is 11.5 Å². The average Bonchev–Trinajstić information content (AvgIpc) is 2.24. The molecule has 15 heavy (non-hydrogen) atoms. The number of carbonyl (C=O) groups excluding carboxylic acids is 1. The summed E-state index contributed by atoms with van der Waals surface area (Å²) in [5.74, 6) is -0.248. The van der Waals surface area contributed by atoms with Gasteiger partial charge in [0.2, 0.25) is 5.91 Å². The quantitative estimate of drug-likeness (QED) is 0.729. The Labute approximate surface area is 90.5 Å². The van der Waals surface area contributed by atoms with E-state index in [2.05, 4.69) is 12.1 Å². The lowest BCUT2D eigenvalue weighted by Gasteiger charge is -2.03. The maximum atomic E-state index is 10.6. The first kappa shape index (κ1) is 11.7. The van der Waals surface area contributed by atoms with Crippen LogP contribution in [-0.4, -0.2) is 12.5 Å². The molecule has 0 atom stereocenters. The van der Waals surface area contributed by atoms with Crippen molar-refractivity contribution in [3.8, 4) is 0 Å². The van der Waals surface area contributed by atoms with E-state index in [4.69, 9.17) is 11.5 Å². The maximum Gasteiger partial charge on any atom is 0.217 e. The first-order valence-electron chi connectivity index (χ1n) is 5.28. The standard InChI is InChI=1S/C12H18N2O/c13-8-2-5-10-3-1-4-11(9-10)6-7-12(14)15/h1,3-4,9H,2,5-8,13H2,(H2,14,15). The molecule has 1 rings (SSSR count). The van der Waals surface area contributed by atoms with Crippen molar-refractivity contribution in [2.45, 2.75) is 25.7 Å². The van der Waals surface area contributed by atoms with Crippen molar-refractivity contribution in [1.82, 2.24) is 0 Å². The lowest BCUT2D eigenvalue weighted by molar-refractivity contribution is -0.117. The molecule has 0 aliphatic carbocycles. The summed E-state index contributed by atoms with van der Waals surface area (Å²) < 4.78 is 0. The molecule has 0 bridgehead atoms. The molecule has 3 heteroatoms. The Hall–Kier alpha value is -1.35. The lowest BCUT2D eigenvalue weighted by Crippen LogP contribution is -2.11. The van der Waals surface area contributed by atoms with Crippen LogP contribution in [0, 0.1) is 0 Å². The molecule has 0 unspecified atom stereocenters. The van der Waals surface area contributed by atoms with E-state index in [-0.39, 0.29) is 5.91 Å². The van der Waals surface area contributed by atoms with Crippen molar-refractivity contribution in [1.29, 1.82) is 0 Å². The molecule has 1 amide bonds. The van der Waals surface area contributed by atoms with Crippen molar-refractivity contribution >= 4 is 5.91 Å². The Kier molecular flexibility index (Phi) is 4.84. The summed E-state index contributed by atoms with van der Waals surface area (Å²) in [5.41, 5.74) is 13.0. The third-order valence-electron chi connectivity index (χ3n) is 2.32. The van der Waals surface area contributed by atoms with Crippen LogP contribution >= 0.6 is 0 Å². The van der Waals surface area contributed by atoms with Crippen LogP contribution in [0.5, 0.6) is 0 Å². The Bertz CT molecular complexity index is 323. The summed E-state index contributed by atoms with van der Waals surface area (Å²) in [5, 5.41) is 0. The minimum absolute atomic E-state index is 0.248. The van der Waals surface area contributed by atoms with Crippen LogP contribution < -0.4 is 11.5 Å². The topological polar surface area (TPSA) is 69.1 Å². The molecule has 0 heterocycles. The number of primary amides is 1. The number of aryl methyl sites for hydroxylation is 2. The number of carbonyl (C=O) groups is 1. The molecule has 0 fully saturated rings. The fourth-order valence-corrected chi connectivity index (χ4v) is 1.51. The number of hydrogen-bond donors (Lipinski definition) is 2. The first-order chi connectivity index (χ1) is 7.22. The van der Waals surface area contributed by atoms with Crippen molar-refractivity contribution in [2.75, 3.05) is 6.54 Å². The molecule has 0 aromatic heterocycles. The minimum Gasteiger partial charge on any atom is -0.370 e. The lowest BCUT2D eigenvalue weighted by atomic mass is 10.0. The maximum absolute atomic E-state index is 10.6. The molecule has 0 aliphatic heterocycles. The molecule has 0 saturated carbocycles. The van der Waals surface area contributed by atoms with Crippen LogP contribution in [0.25, 0.3) is 0 Å². The molecule has 82 valence electrons. The summed E-state index contributed by atoms with van der Waals surface area (Å²) in [7, 11) is 0. The fraction of sp³-hybridized carbons (Fsp3) is 0.417. The van der Waals surface area contributed by atoms with Gasteiger partial charge in [-0.15, -0.1) is 0 Å². The van der Waals surface area contributed by atoms with Gasteiger partial charge in [-0.3, -0.25) is 4.79 Å². The molecular formula is C12H18N2O. The summed E-state index contributed by atoms with van der Waals surface area (Å²) >= 11 is 0. The van der Waals surface area contributed by atoms with E-state index in [9.17, 15) is 4.79 Å². The second-order valence-electron chi connectivity index (χ2n) is 3.68. The summed E-state index contributed by atoms with van der Waals surface area (Å²) in [6, 6.07) is 8.25. The minimum atomic E-state index is -0.248. The average molecular weight is 206 g/mol. The van der Waals surface area contributed by atoms with E-state index < -0.39 is 0 Å². The van der Waals surface area contributed by atoms with Gasteiger partial charge in [0, 0.05) is 6.42 Å². The highest BCUT2D eigenvalue weighted by molar-refractivity contribution is 5.74. The first-order valence-corrected chi connectivity index (χ1v) is 5.28. The third-order valence-corrected chi connectivity index (χ3v) is 2.32. The Morgan fingerprint density at radius 2 is 1.87 bits per heavy atom. The van der Waals surface area contributed by atoms with Gasteiger partial charge in [0.05, 0.1) is 0 Å². The zero-order valence-electron chi connectivity index (χ0n) is 8.91. The van der Waals surface area contributed by atoms with Gasteiger partial charge in [0.25, 0.3) is 0 Å². The highest BCUT2D eigenvalue weighted by atomic mass is 16.1. The SMILES string of the molecule is NCCCc1cccc(CCC(N)=O)c1. The predicted octanol–water partition coefficient (Wildman–Crippen LogP) is 0.996. The van der Waals surface area contributed by atoms with Gasteiger partial charge in [-0.25, -0.2) is 0 Å². The van der Waals surface area contributed by atoms with Crippen LogP contribution in [0.15, 0.2) is 24.3 Å². The highest BCUT2D eigenvalue weighted by Gasteiger charge is 1.99. The second-order valence-corrected chi connectivity index (χ2v) is 3.68. The Morgan fingerprint density at radius 3 is 2.47 bits per heavy atom. The van der Waals surface area contributed by atoms with Crippen LogP contribution in [-0.2, 0) is 17.6 Å². The smallest absolute Gasteiger partial charge is 0.217 e. The zero-order valence-corrected chi connectivity index (χ0v) is 8.91. The van der Waals surface area contributed by atoms with Gasteiger partial charge in [0.1, 0.15) is 0 Å². The number of amides is 1. The fourth-order valence-electron chi connectivity index (χ4n) is 1.51. The van der Waals surface area contributed by atoms with E-state index in [0.29, 0.717) is 13.0 Å². The van der Waals surface area contributed by atoms with Crippen molar-refractivity contribution in [3.05, 3.63) is 35.4 Å². The van der Waals surface area contributed by atoms with E-state index >= 15 is 0 Å². The molecular weight excluding hydrogens is 188 g/mol. The van der Waals surface area contributed by atoms with E-state index in [0.717, 1.165) is 19.3 Å². The van der Waals surface area contributed by atoms with Crippen molar-refractivity contribution in [3.63, 3.8) is 0 Å². The molecule has 1 aromatic rings. The van der Waals surface area contributed by atoms with Crippen LogP contribution in [0.1, 0.15) is 24.0 Å². The molecule has 1 aromatic carbocycles. The number of hydrogen-bond acceptors (Lipinski definition) is 2. The van der Waals surface area contributed by atoms with Crippen LogP contribution in [0.4, 0.5) is 0 Å². The Morgan fingerprint density at radius 1 is 1.20 bits per heavy atom. The predicted molar refractivity (Wildman–Crippen MR) is 61.3 cm³/mol. The Balaban J connectivity index is 2.53. The van der Waals surface area contributed by atoms with Gasteiger partial charge in [-0.2, -0.15) is 0 Å². The van der Waals surface area contributed by atoms with Crippen LogP contribution in [0.3, 0.4) is 0 Å². The number of rotatable bonds is 6. The zero-order chi connectivity index (χ0) is 11.1. The monoisotopic (exact) mass is 206 g/mol. The van der Waals surface area contributed by atoms with Gasteiger partial charge in [0.15, 0.2) is 0 Å². The molecule has 4 N–H and O–H groups in total. The van der Waals surface area contributed by atoms with E-state index in [1.165, 1.54) is 11.1 Å². The largest absolute Gasteiger partial charge is 0.370 e. The highest BCUT2D eigenvalue weighted by Crippen LogP contribution is 2.09.